The summed E-state index contributed by atoms with van der Waals surface area (Å²) in [7, 11) is 0. The van der Waals surface area contributed by atoms with E-state index in [9.17, 15) is 0 Å². The molecule has 1 aromatic heterocycles. The van der Waals surface area contributed by atoms with Crippen molar-refractivity contribution in [2.75, 3.05) is 35.9 Å². The number of thioether (sulfide) groups is 1. The van der Waals surface area contributed by atoms with E-state index in [1.165, 1.54) is 0 Å². The molecule has 18 heavy (non-hydrogen) atoms. The third-order valence-corrected chi connectivity index (χ3v) is 2.98. The summed E-state index contributed by atoms with van der Waals surface area (Å²) < 4.78 is 5.24. The number of ether oxygens (including phenoxy) is 1. The van der Waals surface area contributed by atoms with Crippen molar-refractivity contribution in [3.05, 3.63) is 0 Å². The van der Waals surface area contributed by atoms with Gasteiger partial charge in [0.05, 0.1) is 6.61 Å². The van der Waals surface area contributed by atoms with Gasteiger partial charge in [-0.05, 0) is 24.9 Å². The van der Waals surface area contributed by atoms with Gasteiger partial charge in [0.2, 0.25) is 11.9 Å². The molecule has 0 amide bonds. The number of nitrogen functional groups attached to an aromatic ring is 1. The molecule has 0 spiro atoms. The highest BCUT2D eigenvalue weighted by molar-refractivity contribution is 7.98. The SMILES string of the molecule is CCOc1nc(NN)nc(NCC(C)CSC)n1. The number of nitrogens with zero attached hydrogens (tertiary/aromatic N) is 3. The molecule has 0 bridgehead atoms. The zero-order valence-corrected chi connectivity index (χ0v) is 11.8. The van der Waals surface area contributed by atoms with Crippen molar-refractivity contribution in [1.29, 1.82) is 0 Å². The highest BCUT2D eigenvalue weighted by Gasteiger charge is 2.07. The molecule has 1 aromatic rings. The first-order valence-corrected chi connectivity index (χ1v) is 7.17. The Morgan fingerprint density at radius 3 is 2.67 bits per heavy atom. The van der Waals surface area contributed by atoms with Gasteiger partial charge in [-0.15, -0.1) is 0 Å². The Kier molecular flexibility index (Phi) is 6.51. The van der Waals surface area contributed by atoms with E-state index in [1.807, 2.05) is 18.7 Å². The number of nitrogens with two attached hydrogens (primary N) is 1. The van der Waals surface area contributed by atoms with E-state index >= 15 is 0 Å². The maximum atomic E-state index is 5.30. The van der Waals surface area contributed by atoms with E-state index in [0.717, 1.165) is 12.3 Å². The van der Waals surface area contributed by atoms with Crippen LogP contribution in [0.5, 0.6) is 6.01 Å². The summed E-state index contributed by atoms with van der Waals surface area (Å²) in [5.74, 6) is 7.66. The molecule has 0 aliphatic rings. The summed E-state index contributed by atoms with van der Waals surface area (Å²) in [5, 5.41) is 3.15. The lowest BCUT2D eigenvalue weighted by Crippen LogP contribution is -2.18. The molecule has 0 aliphatic carbocycles. The molecule has 0 aromatic carbocycles. The second kappa shape index (κ2) is 7.93. The van der Waals surface area contributed by atoms with Crippen LogP contribution in [0.2, 0.25) is 0 Å². The summed E-state index contributed by atoms with van der Waals surface area (Å²) in [6, 6.07) is 0.264. The second-order valence-electron chi connectivity index (χ2n) is 3.78. The number of rotatable bonds is 8. The topological polar surface area (TPSA) is 98.0 Å². The van der Waals surface area contributed by atoms with E-state index < -0.39 is 0 Å². The van der Waals surface area contributed by atoms with Gasteiger partial charge in [-0.25, -0.2) is 5.84 Å². The molecular weight excluding hydrogens is 252 g/mol. The molecule has 7 nitrogen and oxygen atoms in total. The molecule has 0 aliphatic heterocycles. The van der Waals surface area contributed by atoms with Crippen LogP contribution in [-0.2, 0) is 0 Å². The van der Waals surface area contributed by atoms with Gasteiger partial charge in [-0.1, -0.05) is 6.92 Å². The summed E-state index contributed by atoms with van der Waals surface area (Å²) in [4.78, 5) is 12.2. The zero-order valence-electron chi connectivity index (χ0n) is 10.9. The van der Waals surface area contributed by atoms with Crippen LogP contribution in [0.15, 0.2) is 0 Å². The number of nitrogens with one attached hydrogen (secondary N) is 2. The van der Waals surface area contributed by atoms with Crippen molar-refractivity contribution in [1.82, 2.24) is 15.0 Å². The minimum absolute atomic E-state index is 0.264. The average Bonchev–Trinajstić information content (AvgIpc) is 2.37. The van der Waals surface area contributed by atoms with Crippen LogP contribution < -0.4 is 21.3 Å². The van der Waals surface area contributed by atoms with Crippen LogP contribution in [0, 0.1) is 5.92 Å². The Bertz CT molecular complexity index is 364. The largest absolute Gasteiger partial charge is 0.464 e. The van der Waals surface area contributed by atoms with Gasteiger partial charge in [0, 0.05) is 6.54 Å². The third-order valence-electron chi connectivity index (χ3n) is 2.08. The molecule has 1 atom stereocenters. The molecule has 0 saturated heterocycles. The first-order valence-electron chi connectivity index (χ1n) is 5.77. The fourth-order valence-electron chi connectivity index (χ4n) is 1.30. The third kappa shape index (κ3) is 4.92. The lowest BCUT2D eigenvalue weighted by molar-refractivity contribution is 0.312. The minimum Gasteiger partial charge on any atom is -0.464 e. The smallest absolute Gasteiger partial charge is 0.323 e. The molecule has 4 N–H and O–H groups in total. The molecule has 102 valence electrons. The molecule has 8 heteroatoms. The summed E-state index contributed by atoms with van der Waals surface area (Å²) in [6.07, 6.45) is 2.09. The number of hydrogen-bond donors (Lipinski definition) is 3. The van der Waals surface area contributed by atoms with Crippen molar-refractivity contribution < 1.29 is 4.74 Å². The van der Waals surface area contributed by atoms with Gasteiger partial charge in [0.25, 0.3) is 0 Å². The van der Waals surface area contributed by atoms with Crippen molar-refractivity contribution >= 4 is 23.7 Å². The average molecular weight is 272 g/mol. The second-order valence-corrected chi connectivity index (χ2v) is 4.69. The normalized spacial score (nSPS) is 12.0. The van der Waals surface area contributed by atoms with Crippen LogP contribution >= 0.6 is 11.8 Å². The van der Waals surface area contributed by atoms with E-state index in [-0.39, 0.29) is 12.0 Å². The van der Waals surface area contributed by atoms with Gasteiger partial charge < -0.3 is 10.1 Å². The van der Waals surface area contributed by atoms with E-state index in [2.05, 4.69) is 38.9 Å². The summed E-state index contributed by atoms with van der Waals surface area (Å²) >= 11 is 1.81. The standard InChI is InChI=1S/C10H20N6OS/c1-4-17-10-14-8(13-9(15-10)16-11)12-5-7(2)6-18-3/h7H,4-6,11H2,1-3H3,(H2,12,13,14,15,16). The predicted molar refractivity (Wildman–Crippen MR) is 74.8 cm³/mol. The van der Waals surface area contributed by atoms with Crippen LogP contribution in [0.25, 0.3) is 0 Å². The van der Waals surface area contributed by atoms with Gasteiger partial charge in [0.15, 0.2) is 0 Å². The Morgan fingerprint density at radius 1 is 1.33 bits per heavy atom. The van der Waals surface area contributed by atoms with Crippen molar-refractivity contribution in [3.63, 3.8) is 0 Å². The predicted octanol–water partition coefficient (Wildman–Crippen LogP) is 0.967. The minimum atomic E-state index is 0.264. The van der Waals surface area contributed by atoms with Gasteiger partial charge in [-0.3, -0.25) is 5.43 Å². The first-order chi connectivity index (χ1) is 8.69. The fraction of sp³-hybridized carbons (Fsp3) is 0.700. The van der Waals surface area contributed by atoms with Crippen LogP contribution in [0.4, 0.5) is 11.9 Å². The quantitative estimate of drug-likeness (QED) is 0.475. The van der Waals surface area contributed by atoms with Crippen molar-refractivity contribution in [2.45, 2.75) is 13.8 Å². The molecule has 0 radical (unpaired) electrons. The van der Waals surface area contributed by atoms with Gasteiger partial charge >= 0.3 is 6.01 Å². The van der Waals surface area contributed by atoms with Crippen molar-refractivity contribution in [3.8, 4) is 6.01 Å². The molecule has 1 heterocycles. The van der Waals surface area contributed by atoms with E-state index in [4.69, 9.17) is 10.6 Å². The number of hydrazine groups is 1. The van der Waals surface area contributed by atoms with Crippen LogP contribution in [0.3, 0.4) is 0 Å². The zero-order chi connectivity index (χ0) is 13.4. The molecule has 1 rings (SSSR count). The first kappa shape index (κ1) is 14.8. The Balaban J connectivity index is 2.65. The van der Waals surface area contributed by atoms with Gasteiger partial charge in [0.1, 0.15) is 0 Å². The lowest BCUT2D eigenvalue weighted by atomic mass is 10.2. The lowest BCUT2D eigenvalue weighted by Gasteiger charge is -2.12. The Labute approximate surface area is 111 Å². The van der Waals surface area contributed by atoms with E-state index in [1.54, 1.807) is 0 Å². The Hall–Kier alpha value is -1.28. The van der Waals surface area contributed by atoms with Crippen LogP contribution in [-0.4, -0.2) is 40.1 Å². The maximum absolute atomic E-state index is 5.30. The number of anilines is 2. The highest BCUT2D eigenvalue weighted by Crippen LogP contribution is 2.11. The van der Waals surface area contributed by atoms with E-state index in [0.29, 0.717) is 18.5 Å². The molecule has 0 saturated carbocycles. The highest BCUT2D eigenvalue weighted by atomic mass is 32.2. The maximum Gasteiger partial charge on any atom is 0.323 e. The number of hydrogen-bond acceptors (Lipinski definition) is 8. The summed E-state index contributed by atoms with van der Waals surface area (Å²) in [5.41, 5.74) is 2.39. The molecule has 1 unspecified atom stereocenters. The van der Waals surface area contributed by atoms with Crippen molar-refractivity contribution in [2.24, 2.45) is 11.8 Å². The van der Waals surface area contributed by atoms with Gasteiger partial charge in [-0.2, -0.15) is 26.7 Å². The fourth-order valence-corrected chi connectivity index (χ4v) is 1.99. The number of aromatic nitrogens is 3. The molecule has 0 fully saturated rings. The monoisotopic (exact) mass is 272 g/mol. The molecular formula is C10H20N6OS. The van der Waals surface area contributed by atoms with Crippen LogP contribution in [0.1, 0.15) is 13.8 Å². The summed E-state index contributed by atoms with van der Waals surface area (Å²) in [6.45, 7) is 5.32. The Morgan fingerprint density at radius 2 is 2.06 bits per heavy atom.